The Labute approximate surface area is 174 Å². The molecule has 0 aliphatic carbocycles. The van der Waals surface area contributed by atoms with Gasteiger partial charge in [-0.25, -0.2) is 17.9 Å². The van der Waals surface area contributed by atoms with Crippen LogP contribution in [0.5, 0.6) is 0 Å². The van der Waals surface area contributed by atoms with Gasteiger partial charge < -0.3 is 4.74 Å². The maximum atomic E-state index is 12.3. The normalized spacial score (nSPS) is 13.4. The monoisotopic (exact) mass is 430 g/mol. The van der Waals surface area contributed by atoms with E-state index in [0.717, 1.165) is 0 Å². The molecule has 0 bridgehead atoms. The van der Waals surface area contributed by atoms with Gasteiger partial charge in [0.05, 0.1) is 28.2 Å². The number of nitrogens with zero attached hydrogens (tertiary/aromatic N) is 1. The molecule has 0 unspecified atom stereocenters. The van der Waals surface area contributed by atoms with E-state index < -0.39 is 16.0 Å². The summed E-state index contributed by atoms with van der Waals surface area (Å²) in [5.74, 6) is -1.18. The zero-order valence-electron chi connectivity index (χ0n) is 16.5. The lowest BCUT2D eigenvalue weighted by atomic mass is 10.1. The predicted molar refractivity (Wildman–Crippen MR) is 109 cm³/mol. The van der Waals surface area contributed by atoms with E-state index in [1.807, 2.05) is 0 Å². The van der Waals surface area contributed by atoms with Crippen molar-refractivity contribution in [3.63, 3.8) is 0 Å². The second-order valence-corrected chi connectivity index (χ2v) is 8.44. The molecule has 1 aliphatic heterocycles. The van der Waals surface area contributed by atoms with E-state index in [-0.39, 0.29) is 42.0 Å². The summed E-state index contributed by atoms with van der Waals surface area (Å²) in [4.78, 5) is 37.9. The van der Waals surface area contributed by atoms with Gasteiger partial charge in [-0.2, -0.15) is 0 Å². The number of fused-ring (bicyclic) bond motifs is 1. The van der Waals surface area contributed by atoms with Crippen molar-refractivity contribution in [2.45, 2.75) is 24.7 Å². The van der Waals surface area contributed by atoms with Crippen LogP contribution < -0.4 is 4.72 Å². The summed E-state index contributed by atoms with van der Waals surface area (Å²) in [5.41, 5.74) is 1.06. The molecule has 1 N–H and O–H groups in total. The molecule has 8 nitrogen and oxygen atoms in total. The smallest absolute Gasteiger partial charge is 0.338 e. The molecule has 2 aromatic carbocycles. The number of amides is 2. The van der Waals surface area contributed by atoms with Gasteiger partial charge in [0, 0.05) is 13.1 Å². The lowest BCUT2D eigenvalue weighted by Crippen LogP contribution is -2.30. The number of esters is 1. The number of unbranched alkanes of at least 4 members (excludes halogenated alkanes) is 1. The van der Waals surface area contributed by atoms with Gasteiger partial charge in [0.1, 0.15) is 0 Å². The van der Waals surface area contributed by atoms with Crippen molar-refractivity contribution >= 4 is 27.8 Å². The lowest BCUT2D eigenvalue weighted by Gasteiger charge is -2.13. The molecule has 1 heterocycles. The van der Waals surface area contributed by atoms with Crippen LogP contribution in [0.25, 0.3) is 0 Å². The summed E-state index contributed by atoms with van der Waals surface area (Å²) in [6, 6.07) is 12.2. The Kier molecular flexibility index (Phi) is 6.63. The quantitative estimate of drug-likeness (QED) is 0.371. The Balaban J connectivity index is 1.45. The fourth-order valence-electron chi connectivity index (χ4n) is 3.11. The first-order chi connectivity index (χ1) is 14.3. The van der Waals surface area contributed by atoms with E-state index in [1.54, 1.807) is 31.2 Å². The number of benzene rings is 2. The van der Waals surface area contributed by atoms with Gasteiger partial charge in [-0.05, 0) is 49.2 Å². The highest BCUT2D eigenvalue weighted by molar-refractivity contribution is 7.89. The first kappa shape index (κ1) is 21.7. The van der Waals surface area contributed by atoms with Gasteiger partial charge >= 0.3 is 5.97 Å². The summed E-state index contributed by atoms with van der Waals surface area (Å²) >= 11 is 0. The Morgan fingerprint density at radius 1 is 0.967 bits per heavy atom. The number of rotatable bonds is 9. The van der Waals surface area contributed by atoms with E-state index in [4.69, 9.17) is 4.74 Å². The third-order valence-corrected chi connectivity index (χ3v) is 6.18. The predicted octanol–water partition coefficient (Wildman–Crippen LogP) is 2.22. The van der Waals surface area contributed by atoms with Crippen molar-refractivity contribution in [1.29, 1.82) is 0 Å². The zero-order valence-corrected chi connectivity index (χ0v) is 17.3. The molecule has 0 atom stereocenters. The summed E-state index contributed by atoms with van der Waals surface area (Å²) < 4.78 is 31.4. The number of ether oxygens (including phenoxy) is 1. The number of nitrogens with one attached hydrogen (secondary N) is 1. The number of sulfonamides is 1. The van der Waals surface area contributed by atoms with Crippen LogP contribution in [-0.4, -0.2) is 50.8 Å². The molecule has 0 saturated heterocycles. The van der Waals surface area contributed by atoms with Crippen LogP contribution in [0.15, 0.2) is 53.4 Å². The standard InChI is InChI=1S/C21H22N2O6S/c1-2-22-30(27,28)16-11-9-15(10-12-16)21(26)29-14-6-5-13-23-19(24)17-7-3-4-8-18(17)20(23)25/h3-4,7-12,22H,2,5-6,13-14H2,1H3. The largest absolute Gasteiger partial charge is 0.462 e. The highest BCUT2D eigenvalue weighted by Crippen LogP contribution is 2.22. The van der Waals surface area contributed by atoms with Gasteiger partial charge in [-0.15, -0.1) is 0 Å². The van der Waals surface area contributed by atoms with E-state index >= 15 is 0 Å². The molecule has 3 rings (SSSR count). The van der Waals surface area contributed by atoms with E-state index in [2.05, 4.69) is 4.72 Å². The first-order valence-corrected chi connectivity index (χ1v) is 11.1. The minimum atomic E-state index is -3.58. The van der Waals surface area contributed by atoms with Crippen LogP contribution in [0.4, 0.5) is 0 Å². The first-order valence-electron chi connectivity index (χ1n) is 9.57. The molecule has 0 saturated carbocycles. The average Bonchev–Trinajstić information content (AvgIpc) is 2.98. The van der Waals surface area contributed by atoms with Crippen LogP contribution in [-0.2, 0) is 14.8 Å². The van der Waals surface area contributed by atoms with Crippen LogP contribution in [0.3, 0.4) is 0 Å². The molecule has 0 radical (unpaired) electrons. The molecular weight excluding hydrogens is 408 g/mol. The zero-order chi connectivity index (χ0) is 21.7. The molecule has 2 aromatic rings. The van der Waals surface area contributed by atoms with Gasteiger partial charge in [-0.3, -0.25) is 14.5 Å². The highest BCUT2D eigenvalue weighted by atomic mass is 32.2. The molecule has 158 valence electrons. The molecule has 0 spiro atoms. The Hall–Kier alpha value is -3.04. The molecule has 9 heteroatoms. The van der Waals surface area contributed by atoms with Crippen molar-refractivity contribution in [2.24, 2.45) is 0 Å². The Morgan fingerprint density at radius 3 is 2.13 bits per heavy atom. The Bertz CT molecular complexity index is 1030. The highest BCUT2D eigenvalue weighted by Gasteiger charge is 2.34. The van der Waals surface area contributed by atoms with Gasteiger partial charge in [-0.1, -0.05) is 19.1 Å². The van der Waals surface area contributed by atoms with Crippen LogP contribution in [0.1, 0.15) is 50.8 Å². The topological polar surface area (TPSA) is 110 Å². The maximum absolute atomic E-state index is 12.3. The third-order valence-electron chi connectivity index (χ3n) is 4.62. The third kappa shape index (κ3) is 4.58. The Morgan fingerprint density at radius 2 is 1.57 bits per heavy atom. The number of hydrogen-bond acceptors (Lipinski definition) is 6. The van der Waals surface area contributed by atoms with E-state index in [1.165, 1.54) is 29.2 Å². The molecule has 0 fully saturated rings. The molecule has 1 aliphatic rings. The fourth-order valence-corrected chi connectivity index (χ4v) is 4.15. The van der Waals surface area contributed by atoms with Crippen LogP contribution in [0.2, 0.25) is 0 Å². The van der Waals surface area contributed by atoms with Gasteiger partial charge in [0.15, 0.2) is 0 Å². The fraction of sp³-hybridized carbons (Fsp3) is 0.286. The SMILES string of the molecule is CCNS(=O)(=O)c1ccc(C(=O)OCCCCN2C(=O)c3ccccc3C2=O)cc1. The minimum Gasteiger partial charge on any atom is -0.462 e. The van der Waals surface area contributed by atoms with E-state index in [9.17, 15) is 22.8 Å². The van der Waals surface area contributed by atoms with Gasteiger partial charge in [0.2, 0.25) is 10.0 Å². The molecule has 0 aromatic heterocycles. The van der Waals surface area contributed by atoms with Crippen molar-refractivity contribution in [1.82, 2.24) is 9.62 Å². The van der Waals surface area contributed by atoms with E-state index in [0.29, 0.717) is 24.0 Å². The molecule has 30 heavy (non-hydrogen) atoms. The van der Waals surface area contributed by atoms with Crippen LogP contribution >= 0.6 is 0 Å². The number of carbonyl (C=O) groups is 3. The maximum Gasteiger partial charge on any atom is 0.338 e. The average molecular weight is 430 g/mol. The lowest BCUT2D eigenvalue weighted by molar-refractivity contribution is 0.0485. The number of imide groups is 1. The second kappa shape index (κ2) is 9.19. The van der Waals surface area contributed by atoms with Crippen molar-refractivity contribution < 1.29 is 27.5 Å². The summed E-state index contributed by atoms with van der Waals surface area (Å²) in [6.07, 6.45) is 0.977. The summed E-state index contributed by atoms with van der Waals surface area (Å²) in [5, 5.41) is 0. The second-order valence-electron chi connectivity index (χ2n) is 6.68. The van der Waals surface area contributed by atoms with Crippen molar-refractivity contribution in [3.05, 3.63) is 65.2 Å². The molecule has 2 amide bonds. The summed E-state index contributed by atoms with van der Waals surface area (Å²) in [7, 11) is -3.58. The van der Waals surface area contributed by atoms with Crippen molar-refractivity contribution in [2.75, 3.05) is 19.7 Å². The summed E-state index contributed by atoms with van der Waals surface area (Å²) in [6.45, 7) is 2.32. The van der Waals surface area contributed by atoms with Gasteiger partial charge in [0.25, 0.3) is 11.8 Å². The van der Waals surface area contributed by atoms with Crippen molar-refractivity contribution in [3.8, 4) is 0 Å². The van der Waals surface area contributed by atoms with Crippen LogP contribution in [0, 0.1) is 0 Å². The minimum absolute atomic E-state index is 0.0712. The number of carbonyl (C=O) groups excluding carboxylic acids is 3. The number of hydrogen-bond donors (Lipinski definition) is 1. The molecular formula is C21H22N2O6S.